The first kappa shape index (κ1) is 61.2. The number of esters is 2. The SMILES string of the molecule is CCCCCC/C=C\C/C=C\CCCCCCCCCC(=O)OC(COC(=O)CCCCCCCCCCC/C=C\CCCCCCCCCC)COP(=O)([O-])OCC[N+](C)(C)C. The molecule has 0 aliphatic rings. The quantitative estimate of drug-likeness (QED) is 0.0195. The number of ether oxygens (including phenoxy) is 2. The lowest BCUT2D eigenvalue weighted by Gasteiger charge is -2.28. The molecule has 0 saturated heterocycles. The van der Waals surface area contributed by atoms with Crippen molar-refractivity contribution in [2.24, 2.45) is 0 Å². The van der Waals surface area contributed by atoms with E-state index in [2.05, 4.69) is 50.3 Å². The number of allylic oxidation sites excluding steroid dienone is 6. The van der Waals surface area contributed by atoms with Gasteiger partial charge in [0.05, 0.1) is 27.7 Å². The second-order valence-corrected chi connectivity index (χ2v) is 20.3. The van der Waals surface area contributed by atoms with Crippen LogP contribution in [0.2, 0.25) is 0 Å². The number of likely N-dealkylation sites (N-methyl/N-ethyl adjacent to an activating group) is 1. The number of quaternary nitrogens is 1. The van der Waals surface area contributed by atoms with Crippen molar-refractivity contribution in [3.8, 4) is 0 Å². The van der Waals surface area contributed by atoms with Crippen LogP contribution in [0.3, 0.4) is 0 Å². The highest BCUT2D eigenvalue weighted by Crippen LogP contribution is 2.38. The fraction of sp³-hybridized carbons (Fsp3) is 0.849. The standard InChI is InChI=1S/C53H100NO8P/c1-6-8-10-12-14-16-18-20-22-24-26-27-28-30-31-33-35-37-39-41-43-45-52(55)59-49-51(50-61-63(57,58)60-48-47-54(3,4)5)62-53(56)46-44-42-40-38-36-34-32-29-25-23-21-19-17-15-13-11-9-7-2/h17,19,23-26,51H,6-16,18,20-22,27-50H2,1-5H3/b19-17-,25-23-,26-24-. The van der Waals surface area contributed by atoms with Crippen LogP contribution >= 0.6 is 7.82 Å². The Balaban J connectivity index is 4.24. The van der Waals surface area contributed by atoms with Crippen LogP contribution < -0.4 is 4.89 Å². The van der Waals surface area contributed by atoms with Crippen molar-refractivity contribution < 1.29 is 42.1 Å². The Morgan fingerprint density at radius 2 is 0.857 bits per heavy atom. The van der Waals surface area contributed by atoms with E-state index < -0.39 is 26.5 Å². The summed E-state index contributed by atoms with van der Waals surface area (Å²) in [5.74, 6) is -0.838. The van der Waals surface area contributed by atoms with Crippen LogP contribution in [0.15, 0.2) is 36.5 Å². The van der Waals surface area contributed by atoms with E-state index in [1.54, 1.807) is 0 Å². The van der Waals surface area contributed by atoms with Crippen LogP contribution in [0, 0.1) is 0 Å². The first-order chi connectivity index (χ1) is 30.5. The number of hydrogen-bond acceptors (Lipinski definition) is 8. The third-order valence-electron chi connectivity index (χ3n) is 11.4. The van der Waals surface area contributed by atoms with Gasteiger partial charge in [0.2, 0.25) is 0 Å². The highest BCUT2D eigenvalue weighted by atomic mass is 31.2. The number of carbonyl (C=O) groups is 2. The number of unbranched alkanes of at least 4 members (excludes halogenated alkanes) is 28. The van der Waals surface area contributed by atoms with Gasteiger partial charge in [0.15, 0.2) is 6.10 Å². The van der Waals surface area contributed by atoms with Gasteiger partial charge in [0.25, 0.3) is 7.82 Å². The number of nitrogens with zero attached hydrogens (tertiary/aromatic N) is 1. The van der Waals surface area contributed by atoms with E-state index in [4.69, 9.17) is 18.5 Å². The molecule has 0 aromatic carbocycles. The average molecular weight is 910 g/mol. The van der Waals surface area contributed by atoms with Crippen molar-refractivity contribution in [2.75, 3.05) is 47.5 Å². The van der Waals surface area contributed by atoms with Gasteiger partial charge >= 0.3 is 11.9 Å². The molecule has 0 rings (SSSR count). The molecule has 0 aromatic rings. The third kappa shape index (κ3) is 49.5. The summed E-state index contributed by atoms with van der Waals surface area (Å²) in [7, 11) is 1.16. The summed E-state index contributed by atoms with van der Waals surface area (Å²) in [5, 5.41) is 0. The van der Waals surface area contributed by atoms with E-state index in [0.29, 0.717) is 17.4 Å². The zero-order valence-electron chi connectivity index (χ0n) is 41.8. The highest BCUT2D eigenvalue weighted by molar-refractivity contribution is 7.45. The summed E-state index contributed by atoms with van der Waals surface area (Å²) in [5.41, 5.74) is 0. The van der Waals surface area contributed by atoms with Gasteiger partial charge in [-0.2, -0.15) is 0 Å². The number of phosphoric acid groups is 1. The molecule has 0 N–H and O–H groups in total. The Morgan fingerprint density at radius 1 is 0.492 bits per heavy atom. The minimum atomic E-state index is -4.63. The van der Waals surface area contributed by atoms with Crippen molar-refractivity contribution in [3.63, 3.8) is 0 Å². The van der Waals surface area contributed by atoms with Gasteiger partial charge < -0.3 is 27.9 Å². The lowest BCUT2D eigenvalue weighted by Crippen LogP contribution is -2.37. The molecular formula is C53H100NO8P. The van der Waals surface area contributed by atoms with E-state index in [1.165, 1.54) is 154 Å². The molecule has 0 radical (unpaired) electrons. The fourth-order valence-corrected chi connectivity index (χ4v) is 8.00. The number of rotatable bonds is 48. The molecule has 0 aliphatic carbocycles. The number of carbonyl (C=O) groups excluding carboxylic acids is 2. The maximum atomic E-state index is 12.7. The monoisotopic (exact) mass is 910 g/mol. The molecule has 0 fully saturated rings. The minimum Gasteiger partial charge on any atom is -0.756 e. The summed E-state index contributed by atoms with van der Waals surface area (Å²) in [4.78, 5) is 37.7. The second kappa shape index (κ2) is 45.4. The lowest BCUT2D eigenvalue weighted by molar-refractivity contribution is -0.870. The maximum Gasteiger partial charge on any atom is 0.306 e. The van der Waals surface area contributed by atoms with Crippen LogP contribution in [-0.2, 0) is 32.7 Å². The van der Waals surface area contributed by atoms with Crippen LogP contribution in [0.5, 0.6) is 0 Å². The van der Waals surface area contributed by atoms with Gasteiger partial charge in [0, 0.05) is 12.8 Å². The molecule has 0 aliphatic heterocycles. The first-order valence-corrected chi connectivity index (χ1v) is 27.7. The van der Waals surface area contributed by atoms with Gasteiger partial charge in [-0.25, -0.2) is 0 Å². The molecule has 0 bridgehead atoms. The molecule has 0 saturated carbocycles. The van der Waals surface area contributed by atoms with Crippen molar-refractivity contribution in [2.45, 2.75) is 245 Å². The summed E-state index contributed by atoms with van der Waals surface area (Å²) in [6.07, 6.45) is 53.1. The Kier molecular flexibility index (Phi) is 44.1. The zero-order chi connectivity index (χ0) is 46.4. The summed E-state index contributed by atoms with van der Waals surface area (Å²) in [6.45, 7) is 4.23. The van der Waals surface area contributed by atoms with Gasteiger partial charge in [0.1, 0.15) is 19.8 Å². The molecule has 0 spiro atoms. The second-order valence-electron chi connectivity index (χ2n) is 18.9. The van der Waals surface area contributed by atoms with Crippen molar-refractivity contribution in [3.05, 3.63) is 36.5 Å². The Labute approximate surface area is 389 Å². The van der Waals surface area contributed by atoms with Crippen molar-refractivity contribution in [1.82, 2.24) is 0 Å². The molecular weight excluding hydrogens is 810 g/mol. The zero-order valence-corrected chi connectivity index (χ0v) is 42.7. The number of phosphoric ester groups is 1. The molecule has 0 aromatic heterocycles. The van der Waals surface area contributed by atoms with E-state index in [-0.39, 0.29) is 32.0 Å². The maximum absolute atomic E-state index is 12.7. The highest BCUT2D eigenvalue weighted by Gasteiger charge is 2.21. The molecule has 370 valence electrons. The van der Waals surface area contributed by atoms with Crippen LogP contribution in [-0.4, -0.2) is 70.0 Å². The predicted molar refractivity (Wildman–Crippen MR) is 264 cm³/mol. The van der Waals surface area contributed by atoms with Crippen molar-refractivity contribution >= 4 is 19.8 Å². The van der Waals surface area contributed by atoms with E-state index in [0.717, 1.165) is 51.4 Å². The number of hydrogen-bond donors (Lipinski definition) is 0. The predicted octanol–water partition coefficient (Wildman–Crippen LogP) is 15.0. The smallest absolute Gasteiger partial charge is 0.306 e. The molecule has 2 atom stereocenters. The van der Waals surface area contributed by atoms with Gasteiger partial charge in [-0.05, 0) is 70.6 Å². The van der Waals surface area contributed by atoms with E-state index in [9.17, 15) is 19.0 Å². The first-order valence-electron chi connectivity index (χ1n) is 26.2. The van der Waals surface area contributed by atoms with Crippen LogP contribution in [0.25, 0.3) is 0 Å². The molecule has 10 heteroatoms. The molecule has 0 amide bonds. The van der Waals surface area contributed by atoms with E-state index >= 15 is 0 Å². The van der Waals surface area contributed by atoms with Crippen molar-refractivity contribution in [1.29, 1.82) is 0 Å². The summed E-state index contributed by atoms with van der Waals surface area (Å²) >= 11 is 0. The van der Waals surface area contributed by atoms with E-state index in [1.807, 2.05) is 21.1 Å². The molecule has 9 nitrogen and oxygen atoms in total. The fourth-order valence-electron chi connectivity index (χ4n) is 7.27. The summed E-state index contributed by atoms with van der Waals surface area (Å²) in [6, 6.07) is 0. The summed E-state index contributed by atoms with van der Waals surface area (Å²) < 4.78 is 34.1. The molecule has 0 heterocycles. The third-order valence-corrected chi connectivity index (χ3v) is 12.3. The largest absolute Gasteiger partial charge is 0.756 e. The normalized spacial score (nSPS) is 13.7. The van der Waals surface area contributed by atoms with Gasteiger partial charge in [-0.3, -0.25) is 14.2 Å². The minimum absolute atomic E-state index is 0.0325. The van der Waals surface area contributed by atoms with Gasteiger partial charge in [-0.15, -0.1) is 0 Å². The Morgan fingerprint density at radius 3 is 1.29 bits per heavy atom. The molecule has 2 unspecified atom stereocenters. The molecule has 63 heavy (non-hydrogen) atoms. The lowest BCUT2D eigenvalue weighted by atomic mass is 10.1. The topological polar surface area (TPSA) is 111 Å². The van der Waals surface area contributed by atoms with Crippen LogP contribution in [0.4, 0.5) is 0 Å². The van der Waals surface area contributed by atoms with Gasteiger partial charge in [-0.1, -0.05) is 192 Å². The Hall–Kier alpha value is -1.77. The average Bonchev–Trinajstić information content (AvgIpc) is 3.24. The van der Waals surface area contributed by atoms with Crippen LogP contribution in [0.1, 0.15) is 239 Å². The Bertz CT molecular complexity index is 1170.